The molecule has 1 unspecified atom stereocenters. The summed E-state index contributed by atoms with van der Waals surface area (Å²) in [6.45, 7) is 7.26. The maximum Gasteiger partial charge on any atom is 0.184 e. The fourth-order valence-corrected chi connectivity index (χ4v) is 3.85. The van der Waals surface area contributed by atoms with E-state index in [-0.39, 0.29) is 6.10 Å². The van der Waals surface area contributed by atoms with Crippen molar-refractivity contribution in [2.24, 2.45) is 12.0 Å². The molecule has 1 atom stereocenters. The van der Waals surface area contributed by atoms with E-state index < -0.39 is 8.32 Å². The molecule has 2 aromatic carbocycles. The molecule has 1 aromatic heterocycles. The maximum atomic E-state index is 6.35. The van der Waals surface area contributed by atoms with Crippen molar-refractivity contribution in [1.29, 1.82) is 0 Å². The predicted octanol–water partition coefficient (Wildman–Crippen LogP) is 4.59. The lowest BCUT2D eigenvalue weighted by molar-refractivity contribution is 0.207. The normalized spacial score (nSPS) is 13.6. The van der Waals surface area contributed by atoms with Crippen molar-refractivity contribution < 1.29 is 4.43 Å². The molecule has 0 bridgehead atoms. The van der Waals surface area contributed by atoms with E-state index in [0.717, 1.165) is 16.6 Å². The first kappa shape index (κ1) is 17.6. The average Bonchev–Trinajstić information content (AvgIpc) is 2.95. The molecule has 1 heterocycles. The molecule has 0 amide bonds. The summed E-state index contributed by atoms with van der Waals surface area (Å²) in [6, 6.07) is 16.6. The first-order valence-electron chi connectivity index (χ1n) is 8.56. The summed E-state index contributed by atoms with van der Waals surface area (Å²) >= 11 is 0. The van der Waals surface area contributed by atoms with Gasteiger partial charge in [0.2, 0.25) is 0 Å². The topological polar surface area (TPSA) is 39.4 Å². The van der Waals surface area contributed by atoms with Crippen LogP contribution in [0.4, 0.5) is 0 Å². The van der Waals surface area contributed by atoms with E-state index in [1.807, 2.05) is 36.3 Å². The zero-order valence-electron chi connectivity index (χ0n) is 15.3. The van der Waals surface area contributed by atoms with Gasteiger partial charge in [0.05, 0.1) is 30.0 Å². The van der Waals surface area contributed by atoms with Crippen LogP contribution in [0.5, 0.6) is 0 Å². The van der Waals surface area contributed by atoms with Crippen molar-refractivity contribution in [3.8, 4) is 0 Å². The van der Waals surface area contributed by atoms with Gasteiger partial charge in [-0.1, -0.05) is 36.4 Å². The number of hydrogen-bond acceptors (Lipinski definition) is 3. The van der Waals surface area contributed by atoms with E-state index in [1.54, 1.807) is 0 Å². The Kier molecular flexibility index (Phi) is 5.15. The SMILES string of the molecule is Cn1cnc2ccc(C=NCC(O[Si](C)(C)C)c3ccccc3)cc21. The van der Waals surface area contributed by atoms with Crippen molar-refractivity contribution in [3.05, 3.63) is 66.0 Å². The molecule has 3 aromatic rings. The van der Waals surface area contributed by atoms with E-state index >= 15 is 0 Å². The summed E-state index contributed by atoms with van der Waals surface area (Å²) in [6.07, 6.45) is 3.76. The van der Waals surface area contributed by atoms with Gasteiger partial charge in [-0.3, -0.25) is 4.99 Å². The Bertz CT molecular complexity index is 866. The summed E-state index contributed by atoms with van der Waals surface area (Å²) in [5.41, 5.74) is 4.38. The van der Waals surface area contributed by atoms with Crippen LogP contribution in [-0.4, -0.2) is 30.6 Å². The molecular formula is C20H25N3OSi. The molecule has 0 aliphatic heterocycles. The monoisotopic (exact) mass is 351 g/mol. The van der Waals surface area contributed by atoms with Crippen molar-refractivity contribution in [3.63, 3.8) is 0 Å². The molecule has 0 N–H and O–H groups in total. The summed E-state index contributed by atoms with van der Waals surface area (Å²) in [4.78, 5) is 9.02. The number of imidazole rings is 1. The molecule has 0 saturated carbocycles. The lowest BCUT2D eigenvalue weighted by atomic mass is 10.1. The van der Waals surface area contributed by atoms with Crippen LogP contribution >= 0.6 is 0 Å². The van der Waals surface area contributed by atoms with Gasteiger partial charge in [-0.25, -0.2) is 4.98 Å². The molecule has 0 radical (unpaired) electrons. The summed E-state index contributed by atoms with van der Waals surface area (Å²) < 4.78 is 8.37. The Hall–Kier alpha value is -2.24. The van der Waals surface area contributed by atoms with Gasteiger partial charge in [0.15, 0.2) is 8.32 Å². The first-order chi connectivity index (χ1) is 11.9. The Balaban J connectivity index is 1.77. The molecule has 5 heteroatoms. The number of rotatable bonds is 6. The standard InChI is InChI=1S/C20H25N3OSi/c1-23-15-22-18-11-10-16(12-19(18)23)13-21-14-20(24-25(2,3)4)17-8-6-5-7-9-17/h5-13,15,20H,14H2,1-4H3. The highest BCUT2D eigenvalue weighted by atomic mass is 28.4. The lowest BCUT2D eigenvalue weighted by Gasteiger charge is -2.25. The molecule has 0 aliphatic rings. The van der Waals surface area contributed by atoms with Gasteiger partial charge < -0.3 is 8.99 Å². The van der Waals surface area contributed by atoms with E-state index in [4.69, 9.17) is 4.43 Å². The van der Waals surface area contributed by atoms with Crippen molar-refractivity contribution in [2.75, 3.05) is 6.54 Å². The van der Waals surface area contributed by atoms with E-state index in [9.17, 15) is 0 Å². The molecule has 3 rings (SSSR count). The fourth-order valence-electron chi connectivity index (χ4n) is 2.78. The highest BCUT2D eigenvalue weighted by Gasteiger charge is 2.21. The zero-order valence-corrected chi connectivity index (χ0v) is 16.3. The van der Waals surface area contributed by atoms with Gasteiger partial charge in [-0.15, -0.1) is 0 Å². The van der Waals surface area contributed by atoms with Crippen LogP contribution in [-0.2, 0) is 11.5 Å². The lowest BCUT2D eigenvalue weighted by Crippen LogP contribution is -2.29. The Morgan fingerprint density at radius 1 is 1.16 bits per heavy atom. The van der Waals surface area contributed by atoms with Crippen LogP contribution in [0.1, 0.15) is 17.2 Å². The Labute approximate surface area is 150 Å². The van der Waals surface area contributed by atoms with Gasteiger partial charge in [0.1, 0.15) is 0 Å². The highest BCUT2D eigenvalue weighted by molar-refractivity contribution is 6.69. The fraction of sp³-hybridized carbons (Fsp3) is 0.300. The molecule has 4 nitrogen and oxygen atoms in total. The van der Waals surface area contributed by atoms with Crippen LogP contribution in [0, 0.1) is 0 Å². The Morgan fingerprint density at radius 3 is 2.64 bits per heavy atom. The number of nitrogens with zero attached hydrogens (tertiary/aromatic N) is 3. The van der Waals surface area contributed by atoms with E-state index in [1.165, 1.54) is 5.56 Å². The largest absolute Gasteiger partial charge is 0.409 e. The summed E-state index contributed by atoms with van der Waals surface area (Å²) in [5, 5.41) is 0. The first-order valence-corrected chi connectivity index (χ1v) is 12.0. The molecule has 0 saturated heterocycles. The van der Waals surface area contributed by atoms with Crippen LogP contribution in [0.3, 0.4) is 0 Å². The molecular weight excluding hydrogens is 326 g/mol. The second kappa shape index (κ2) is 7.33. The van der Waals surface area contributed by atoms with Gasteiger partial charge in [0.25, 0.3) is 0 Å². The minimum Gasteiger partial charge on any atom is -0.409 e. The number of aliphatic imine (C=N–C) groups is 1. The summed E-state index contributed by atoms with van der Waals surface area (Å²) in [7, 11) is 0.351. The third kappa shape index (κ3) is 4.65. The molecule has 0 aliphatic carbocycles. The number of benzene rings is 2. The molecule has 130 valence electrons. The van der Waals surface area contributed by atoms with E-state index in [0.29, 0.717) is 6.54 Å². The van der Waals surface area contributed by atoms with Crippen LogP contribution in [0.15, 0.2) is 59.9 Å². The van der Waals surface area contributed by atoms with Crippen molar-refractivity contribution in [2.45, 2.75) is 25.7 Å². The van der Waals surface area contributed by atoms with Crippen molar-refractivity contribution >= 4 is 25.6 Å². The highest BCUT2D eigenvalue weighted by Crippen LogP contribution is 2.22. The minimum atomic E-state index is -1.65. The third-order valence-electron chi connectivity index (χ3n) is 3.93. The van der Waals surface area contributed by atoms with E-state index in [2.05, 4.69) is 66.0 Å². The van der Waals surface area contributed by atoms with Crippen LogP contribution < -0.4 is 0 Å². The maximum absolute atomic E-state index is 6.35. The van der Waals surface area contributed by atoms with Gasteiger partial charge in [-0.05, 0) is 42.9 Å². The molecule has 0 spiro atoms. The number of aromatic nitrogens is 2. The minimum absolute atomic E-state index is 0.00421. The molecule has 25 heavy (non-hydrogen) atoms. The van der Waals surface area contributed by atoms with Gasteiger partial charge in [0, 0.05) is 13.3 Å². The Morgan fingerprint density at radius 2 is 1.92 bits per heavy atom. The predicted molar refractivity (Wildman–Crippen MR) is 107 cm³/mol. The van der Waals surface area contributed by atoms with Gasteiger partial charge in [-0.2, -0.15) is 0 Å². The van der Waals surface area contributed by atoms with Crippen LogP contribution in [0.2, 0.25) is 19.6 Å². The van der Waals surface area contributed by atoms with Crippen molar-refractivity contribution in [1.82, 2.24) is 9.55 Å². The van der Waals surface area contributed by atoms with Crippen LogP contribution in [0.25, 0.3) is 11.0 Å². The summed E-state index contributed by atoms with van der Waals surface area (Å²) in [5.74, 6) is 0. The second-order valence-electron chi connectivity index (χ2n) is 7.23. The molecule has 0 fully saturated rings. The average molecular weight is 352 g/mol. The second-order valence-corrected chi connectivity index (χ2v) is 11.7. The zero-order chi connectivity index (χ0) is 17.9. The quantitative estimate of drug-likeness (QED) is 0.481. The number of aryl methyl sites for hydroxylation is 1. The smallest absolute Gasteiger partial charge is 0.184 e. The number of fused-ring (bicyclic) bond motifs is 1. The van der Waals surface area contributed by atoms with Gasteiger partial charge >= 0.3 is 0 Å². The number of hydrogen-bond donors (Lipinski definition) is 0. The third-order valence-corrected chi connectivity index (χ3v) is 4.92.